The Hall–Kier alpha value is -1.50. The summed E-state index contributed by atoms with van der Waals surface area (Å²) < 4.78 is 13.2. The van der Waals surface area contributed by atoms with E-state index in [0.717, 1.165) is 11.4 Å². The molecule has 19 heavy (non-hydrogen) atoms. The highest BCUT2D eigenvalue weighted by Gasteiger charge is 2.44. The zero-order valence-corrected chi connectivity index (χ0v) is 11.4. The lowest BCUT2D eigenvalue weighted by atomic mass is 10.3. The highest BCUT2D eigenvalue weighted by molar-refractivity contribution is 6.29. The van der Waals surface area contributed by atoms with Crippen molar-refractivity contribution in [2.24, 2.45) is 0 Å². The van der Waals surface area contributed by atoms with E-state index in [9.17, 15) is 0 Å². The largest absolute Gasteiger partial charge is 0.324 e. The van der Waals surface area contributed by atoms with Crippen LogP contribution in [0.1, 0.15) is 17.1 Å². The van der Waals surface area contributed by atoms with Crippen molar-refractivity contribution in [1.29, 1.82) is 0 Å². The summed E-state index contributed by atoms with van der Waals surface area (Å²) in [5.41, 5.74) is 2.29. The first-order valence-corrected chi connectivity index (χ1v) is 6.29. The second-order valence-electron chi connectivity index (χ2n) is 4.34. The van der Waals surface area contributed by atoms with E-state index in [-0.39, 0.29) is 5.15 Å². The fourth-order valence-electron chi connectivity index (χ4n) is 2.20. The zero-order valence-electron chi connectivity index (χ0n) is 10.6. The predicted molar refractivity (Wildman–Crippen MR) is 67.7 cm³/mol. The van der Waals surface area contributed by atoms with Gasteiger partial charge in [-0.25, -0.2) is 9.67 Å². The minimum Gasteiger partial charge on any atom is -0.324 e. The van der Waals surface area contributed by atoms with Gasteiger partial charge in [-0.15, -0.1) is 0 Å². The second kappa shape index (κ2) is 4.56. The molecule has 3 rings (SSSR count). The van der Waals surface area contributed by atoms with Crippen LogP contribution < -0.4 is 0 Å². The summed E-state index contributed by atoms with van der Waals surface area (Å²) in [5.74, 6) is -1.17. The number of hydrogen-bond acceptors (Lipinski definition) is 5. The molecule has 0 unspecified atom stereocenters. The molecule has 0 amide bonds. The van der Waals surface area contributed by atoms with Crippen molar-refractivity contribution in [2.75, 3.05) is 13.2 Å². The maximum absolute atomic E-state index is 5.90. The van der Waals surface area contributed by atoms with E-state index in [4.69, 9.17) is 21.1 Å². The molecule has 0 N–H and O–H groups in total. The van der Waals surface area contributed by atoms with Crippen LogP contribution in [-0.4, -0.2) is 33.0 Å². The Morgan fingerprint density at radius 3 is 2.58 bits per heavy atom. The van der Waals surface area contributed by atoms with Gasteiger partial charge >= 0.3 is 5.91 Å². The van der Waals surface area contributed by atoms with Crippen molar-refractivity contribution in [3.63, 3.8) is 0 Å². The van der Waals surface area contributed by atoms with E-state index >= 15 is 0 Å². The SMILES string of the molecule is Cc1cc(C)n(C2(c3cncc(Cl)n3)OCCO2)n1. The summed E-state index contributed by atoms with van der Waals surface area (Å²) >= 11 is 5.90. The second-order valence-corrected chi connectivity index (χ2v) is 4.73. The lowest BCUT2D eigenvalue weighted by Crippen LogP contribution is -2.39. The van der Waals surface area contributed by atoms with Gasteiger partial charge in [0.25, 0.3) is 0 Å². The third-order valence-electron chi connectivity index (χ3n) is 2.90. The van der Waals surface area contributed by atoms with E-state index < -0.39 is 5.91 Å². The number of hydrogen-bond donors (Lipinski definition) is 0. The minimum atomic E-state index is -1.17. The quantitative estimate of drug-likeness (QED) is 0.837. The molecule has 6 nitrogen and oxygen atoms in total. The van der Waals surface area contributed by atoms with Crippen LogP contribution in [-0.2, 0) is 15.4 Å². The Balaban J connectivity index is 2.17. The van der Waals surface area contributed by atoms with Crippen LogP contribution in [0, 0.1) is 13.8 Å². The molecule has 0 spiro atoms. The smallest absolute Gasteiger partial charge is 0.319 e. The summed E-state index contributed by atoms with van der Waals surface area (Å²) in [4.78, 5) is 8.29. The normalized spacial score (nSPS) is 17.8. The summed E-state index contributed by atoms with van der Waals surface area (Å²) in [6, 6.07) is 1.95. The van der Waals surface area contributed by atoms with Crippen LogP contribution >= 0.6 is 11.6 Å². The van der Waals surface area contributed by atoms with Gasteiger partial charge in [0, 0.05) is 5.69 Å². The van der Waals surface area contributed by atoms with E-state index in [1.54, 1.807) is 10.9 Å². The molecule has 0 aliphatic carbocycles. The average Bonchev–Trinajstić information content (AvgIpc) is 2.97. The number of aromatic nitrogens is 4. The maximum Gasteiger partial charge on any atom is 0.319 e. The fourth-order valence-corrected chi connectivity index (χ4v) is 2.35. The van der Waals surface area contributed by atoms with Crippen molar-refractivity contribution in [3.05, 3.63) is 40.7 Å². The molecule has 1 saturated heterocycles. The number of ether oxygens (including phenoxy) is 2. The molecular formula is C12H13ClN4O2. The molecule has 1 fully saturated rings. The Morgan fingerprint density at radius 2 is 2.00 bits per heavy atom. The summed E-state index contributed by atoms with van der Waals surface area (Å²) in [6.07, 6.45) is 3.04. The van der Waals surface area contributed by atoms with Crippen molar-refractivity contribution >= 4 is 11.6 Å². The molecule has 7 heteroatoms. The van der Waals surface area contributed by atoms with Gasteiger partial charge in [0.15, 0.2) is 0 Å². The van der Waals surface area contributed by atoms with Crippen molar-refractivity contribution in [2.45, 2.75) is 19.8 Å². The molecule has 2 aromatic rings. The molecule has 0 atom stereocenters. The average molecular weight is 281 g/mol. The third kappa shape index (κ3) is 2.01. The highest BCUT2D eigenvalue weighted by atomic mass is 35.5. The van der Waals surface area contributed by atoms with Crippen LogP contribution in [0.5, 0.6) is 0 Å². The number of rotatable bonds is 2. The van der Waals surface area contributed by atoms with Crippen LogP contribution in [0.4, 0.5) is 0 Å². The van der Waals surface area contributed by atoms with E-state index in [1.807, 2.05) is 19.9 Å². The number of aryl methyl sites for hydroxylation is 2. The van der Waals surface area contributed by atoms with E-state index in [2.05, 4.69) is 15.1 Å². The molecule has 3 heterocycles. The number of nitrogens with zero attached hydrogens (tertiary/aromatic N) is 4. The Bertz CT molecular complexity index is 608. The first kappa shape index (κ1) is 12.5. The first-order chi connectivity index (χ1) is 9.12. The molecule has 2 aromatic heterocycles. The van der Waals surface area contributed by atoms with Gasteiger partial charge < -0.3 is 9.47 Å². The fraction of sp³-hybridized carbons (Fsp3) is 0.417. The lowest BCUT2D eigenvalue weighted by Gasteiger charge is -2.27. The molecule has 100 valence electrons. The van der Waals surface area contributed by atoms with Crippen LogP contribution in [0.25, 0.3) is 0 Å². The minimum absolute atomic E-state index is 0.289. The van der Waals surface area contributed by atoms with Gasteiger partial charge in [-0.1, -0.05) is 11.6 Å². The van der Waals surface area contributed by atoms with Gasteiger partial charge in [0.2, 0.25) is 0 Å². The molecule has 1 aliphatic heterocycles. The zero-order chi connectivity index (χ0) is 13.5. The molecule has 0 saturated carbocycles. The molecule has 0 aromatic carbocycles. The van der Waals surface area contributed by atoms with Crippen molar-refractivity contribution < 1.29 is 9.47 Å². The Morgan fingerprint density at radius 1 is 1.26 bits per heavy atom. The van der Waals surface area contributed by atoms with Crippen LogP contribution in [0.3, 0.4) is 0 Å². The Kier molecular flexibility index (Phi) is 3.00. The third-order valence-corrected chi connectivity index (χ3v) is 3.08. The van der Waals surface area contributed by atoms with Gasteiger partial charge in [0.1, 0.15) is 10.8 Å². The van der Waals surface area contributed by atoms with E-state index in [1.165, 1.54) is 6.20 Å². The summed E-state index contributed by atoms with van der Waals surface area (Å²) in [5, 5.41) is 4.72. The summed E-state index contributed by atoms with van der Waals surface area (Å²) in [7, 11) is 0. The topological polar surface area (TPSA) is 62.1 Å². The monoisotopic (exact) mass is 280 g/mol. The van der Waals surface area contributed by atoms with Gasteiger partial charge in [-0.2, -0.15) is 5.10 Å². The summed E-state index contributed by atoms with van der Waals surface area (Å²) in [6.45, 7) is 4.78. The van der Waals surface area contributed by atoms with E-state index in [0.29, 0.717) is 18.9 Å². The molecular weight excluding hydrogens is 268 g/mol. The predicted octanol–water partition coefficient (Wildman–Crippen LogP) is 1.65. The van der Waals surface area contributed by atoms with Gasteiger partial charge in [0.05, 0.1) is 31.3 Å². The van der Waals surface area contributed by atoms with Crippen LogP contribution in [0.15, 0.2) is 18.5 Å². The Labute approximate surface area is 115 Å². The highest BCUT2D eigenvalue weighted by Crippen LogP contribution is 2.33. The van der Waals surface area contributed by atoms with Crippen LogP contribution in [0.2, 0.25) is 5.15 Å². The molecule has 0 radical (unpaired) electrons. The molecule has 0 bridgehead atoms. The first-order valence-electron chi connectivity index (χ1n) is 5.91. The lowest BCUT2D eigenvalue weighted by molar-refractivity contribution is -0.199. The standard InChI is InChI=1S/C12H13ClN4O2/c1-8-5-9(2)17(16-8)12(18-3-4-19-12)10-6-14-7-11(13)15-10/h5-7H,3-4H2,1-2H3. The van der Waals surface area contributed by atoms with Crippen molar-refractivity contribution in [3.8, 4) is 0 Å². The van der Waals surface area contributed by atoms with Crippen molar-refractivity contribution in [1.82, 2.24) is 19.7 Å². The maximum atomic E-state index is 5.90. The van der Waals surface area contributed by atoms with Gasteiger partial charge in [-0.05, 0) is 19.9 Å². The van der Waals surface area contributed by atoms with Gasteiger partial charge in [-0.3, -0.25) is 4.98 Å². The molecule has 1 aliphatic rings. The number of halogens is 1.